The zero-order valence-corrected chi connectivity index (χ0v) is 14.1. The Balaban J connectivity index is 1.69. The van der Waals surface area contributed by atoms with E-state index in [0.717, 1.165) is 6.42 Å². The minimum atomic E-state index is -0.478. The Hall–Kier alpha value is -3.48. The molecule has 7 nitrogen and oxygen atoms in total. The number of benzene rings is 2. The van der Waals surface area contributed by atoms with E-state index in [-0.39, 0.29) is 17.4 Å². The van der Waals surface area contributed by atoms with Gasteiger partial charge in [0.05, 0.1) is 11.1 Å². The standard InChI is InChI=1S/C19H17N3O4/c1-2-3-16(23)20-12-6-4-11(5-7-12)17(24)21-13-8-9-14-15(10-13)19(26)22-18(14)25/h4-10H,2-3H2,1H3,(H,20,23)(H,21,24)(H,22,25,26). The lowest BCUT2D eigenvalue weighted by molar-refractivity contribution is -0.116. The number of rotatable bonds is 5. The van der Waals surface area contributed by atoms with Crippen LogP contribution in [0.2, 0.25) is 0 Å². The fourth-order valence-corrected chi connectivity index (χ4v) is 2.60. The van der Waals surface area contributed by atoms with Gasteiger partial charge in [0, 0.05) is 23.4 Å². The molecule has 26 heavy (non-hydrogen) atoms. The molecule has 0 atom stereocenters. The van der Waals surface area contributed by atoms with E-state index in [0.29, 0.717) is 28.9 Å². The Morgan fingerprint density at radius 1 is 0.885 bits per heavy atom. The van der Waals surface area contributed by atoms with E-state index in [1.54, 1.807) is 30.3 Å². The van der Waals surface area contributed by atoms with Crippen molar-refractivity contribution in [2.24, 2.45) is 0 Å². The first-order chi connectivity index (χ1) is 12.5. The maximum Gasteiger partial charge on any atom is 0.259 e. The van der Waals surface area contributed by atoms with E-state index in [1.165, 1.54) is 12.1 Å². The molecular formula is C19H17N3O4. The number of hydrogen-bond donors (Lipinski definition) is 3. The molecule has 3 N–H and O–H groups in total. The second-order valence-electron chi connectivity index (χ2n) is 5.87. The Kier molecular flexibility index (Phi) is 4.79. The van der Waals surface area contributed by atoms with Crippen LogP contribution in [0.25, 0.3) is 0 Å². The van der Waals surface area contributed by atoms with Crippen molar-refractivity contribution in [3.63, 3.8) is 0 Å². The van der Waals surface area contributed by atoms with E-state index >= 15 is 0 Å². The lowest BCUT2D eigenvalue weighted by Gasteiger charge is -2.08. The van der Waals surface area contributed by atoms with Crippen molar-refractivity contribution in [3.05, 3.63) is 59.2 Å². The average molecular weight is 351 g/mol. The third-order valence-corrected chi connectivity index (χ3v) is 3.90. The first kappa shape index (κ1) is 17.3. The van der Waals surface area contributed by atoms with Gasteiger partial charge in [0.1, 0.15) is 0 Å². The lowest BCUT2D eigenvalue weighted by Crippen LogP contribution is -2.19. The predicted octanol–water partition coefficient (Wildman–Crippen LogP) is 2.56. The largest absolute Gasteiger partial charge is 0.326 e. The summed E-state index contributed by atoms with van der Waals surface area (Å²) in [5, 5.41) is 7.64. The van der Waals surface area contributed by atoms with Gasteiger partial charge < -0.3 is 10.6 Å². The van der Waals surface area contributed by atoms with E-state index in [4.69, 9.17) is 0 Å². The SMILES string of the molecule is CCCC(=O)Nc1ccc(C(=O)Nc2ccc3c(c2)C(=O)NC3=O)cc1. The summed E-state index contributed by atoms with van der Waals surface area (Å²) in [7, 11) is 0. The topological polar surface area (TPSA) is 104 Å². The molecule has 1 heterocycles. The third kappa shape index (κ3) is 3.61. The second kappa shape index (κ2) is 7.18. The van der Waals surface area contributed by atoms with Crippen molar-refractivity contribution in [2.45, 2.75) is 19.8 Å². The van der Waals surface area contributed by atoms with Gasteiger partial charge in [0.15, 0.2) is 0 Å². The summed E-state index contributed by atoms with van der Waals surface area (Å²) in [6, 6.07) is 11.0. The number of nitrogens with one attached hydrogen (secondary N) is 3. The molecule has 0 saturated heterocycles. The maximum absolute atomic E-state index is 12.3. The summed E-state index contributed by atoms with van der Waals surface area (Å²) < 4.78 is 0. The minimum Gasteiger partial charge on any atom is -0.326 e. The van der Waals surface area contributed by atoms with Gasteiger partial charge in [0.25, 0.3) is 17.7 Å². The van der Waals surface area contributed by atoms with Gasteiger partial charge in [-0.1, -0.05) is 6.92 Å². The highest BCUT2D eigenvalue weighted by atomic mass is 16.2. The Morgan fingerprint density at radius 2 is 1.54 bits per heavy atom. The highest BCUT2D eigenvalue weighted by molar-refractivity contribution is 6.22. The van der Waals surface area contributed by atoms with Crippen molar-refractivity contribution in [1.29, 1.82) is 0 Å². The molecular weight excluding hydrogens is 334 g/mol. The van der Waals surface area contributed by atoms with Crippen LogP contribution in [-0.2, 0) is 4.79 Å². The molecule has 4 amide bonds. The van der Waals surface area contributed by atoms with Crippen molar-refractivity contribution in [1.82, 2.24) is 5.32 Å². The predicted molar refractivity (Wildman–Crippen MR) is 96.2 cm³/mol. The van der Waals surface area contributed by atoms with Gasteiger partial charge in [-0.2, -0.15) is 0 Å². The van der Waals surface area contributed by atoms with E-state index in [2.05, 4.69) is 16.0 Å². The molecule has 0 unspecified atom stereocenters. The zero-order valence-electron chi connectivity index (χ0n) is 14.1. The monoisotopic (exact) mass is 351 g/mol. The maximum atomic E-state index is 12.3. The number of carbonyl (C=O) groups excluding carboxylic acids is 4. The van der Waals surface area contributed by atoms with Crippen LogP contribution in [0.1, 0.15) is 50.8 Å². The smallest absolute Gasteiger partial charge is 0.259 e. The summed E-state index contributed by atoms with van der Waals surface area (Å²) in [6.45, 7) is 1.92. The van der Waals surface area contributed by atoms with E-state index in [9.17, 15) is 19.2 Å². The highest BCUT2D eigenvalue weighted by Gasteiger charge is 2.26. The molecule has 2 aromatic rings. The Bertz CT molecular complexity index is 904. The number of carbonyl (C=O) groups is 4. The molecule has 2 aromatic carbocycles. The molecule has 0 fully saturated rings. The summed E-state index contributed by atoms with van der Waals surface area (Å²) in [5.74, 6) is -1.35. The molecule has 0 bridgehead atoms. The molecule has 3 rings (SSSR count). The molecule has 7 heteroatoms. The van der Waals surface area contributed by atoms with Gasteiger partial charge in [-0.25, -0.2) is 0 Å². The molecule has 0 spiro atoms. The van der Waals surface area contributed by atoms with Crippen molar-refractivity contribution in [3.8, 4) is 0 Å². The van der Waals surface area contributed by atoms with Gasteiger partial charge in [0.2, 0.25) is 5.91 Å². The second-order valence-corrected chi connectivity index (χ2v) is 5.87. The van der Waals surface area contributed by atoms with E-state index < -0.39 is 11.8 Å². The third-order valence-electron chi connectivity index (χ3n) is 3.90. The van der Waals surface area contributed by atoms with Crippen LogP contribution in [0.3, 0.4) is 0 Å². The van der Waals surface area contributed by atoms with Crippen molar-refractivity contribution in [2.75, 3.05) is 10.6 Å². The molecule has 0 aromatic heterocycles. The molecule has 1 aliphatic rings. The molecule has 0 saturated carbocycles. The summed E-state index contributed by atoms with van der Waals surface area (Å²) >= 11 is 0. The number of fused-ring (bicyclic) bond motifs is 1. The van der Waals surface area contributed by atoms with Crippen LogP contribution < -0.4 is 16.0 Å². The van der Waals surface area contributed by atoms with Gasteiger partial charge in [-0.05, 0) is 48.9 Å². The minimum absolute atomic E-state index is 0.0735. The quantitative estimate of drug-likeness (QED) is 0.720. The number of amides is 4. The fourth-order valence-electron chi connectivity index (χ4n) is 2.60. The molecule has 0 radical (unpaired) electrons. The van der Waals surface area contributed by atoms with Gasteiger partial charge in [-0.3, -0.25) is 24.5 Å². The summed E-state index contributed by atoms with van der Waals surface area (Å²) in [6.07, 6.45) is 1.20. The zero-order chi connectivity index (χ0) is 18.7. The van der Waals surface area contributed by atoms with Crippen molar-refractivity contribution >= 4 is 35.0 Å². The molecule has 1 aliphatic heterocycles. The van der Waals surface area contributed by atoms with Gasteiger partial charge >= 0.3 is 0 Å². The van der Waals surface area contributed by atoms with E-state index in [1.807, 2.05) is 6.92 Å². The number of anilines is 2. The normalized spacial score (nSPS) is 12.3. The van der Waals surface area contributed by atoms with Crippen LogP contribution in [0.5, 0.6) is 0 Å². The highest BCUT2D eigenvalue weighted by Crippen LogP contribution is 2.21. The average Bonchev–Trinajstić information content (AvgIpc) is 2.89. The Morgan fingerprint density at radius 3 is 2.23 bits per heavy atom. The molecule has 132 valence electrons. The van der Waals surface area contributed by atoms with Crippen LogP contribution in [0.4, 0.5) is 11.4 Å². The van der Waals surface area contributed by atoms with Crippen LogP contribution in [0.15, 0.2) is 42.5 Å². The number of imide groups is 1. The summed E-state index contributed by atoms with van der Waals surface area (Å²) in [4.78, 5) is 47.1. The van der Waals surface area contributed by atoms with Crippen LogP contribution in [0, 0.1) is 0 Å². The number of hydrogen-bond acceptors (Lipinski definition) is 4. The first-order valence-electron chi connectivity index (χ1n) is 8.19. The summed E-state index contributed by atoms with van der Waals surface area (Å²) in [5.41, 5.74) is 1.97. The molecule has 0 aliphatic carbocycles. The van der Waals surface area contributed by atoms with Gasteiger partial charge in [-0.15, -0.1) is 0 Å². The first-order valence-corrected chi connectivity index (χ1v) is 8.19. The van der Waals surface area contributed by atoms with Crippen molar-refractivity contribution < 1.29 is 19.2 Å². The Labute approximate surface area is 149 Å². The lowest BCUT2D eigenvalue weighted by atomic mass is 10.1. The van der Waals surface area contributed by atoms with Crippen LogP contribution >= 0.6 is 0 Å². The van der Waals surface area contributed by atoms with Crippen LogP contribution in [-0.4, -0.2) is 23.6 Å². The fraction of sp³-hybridized carbons (Fsp3) is 0.158.